The molecule has 3 heterocycles. The van der Waals surface area contributed by atoms with Gasteiger partial charge in [0, 0.05) is 36.4 Å². The molecular weight excluding hydrogens is 400 g/mol. The highest BCUT2D eigenvalue weighted by Crippen LogP contribution is 2.30. The second-order valence-corrected chi connectivity index (χ2v) is 7.81. The maximum Gasteiger partial charge on any atom is 0.221 e. The minimum atomic E-state index is -1.31. The number of nitrogens with zero attached hydrogens (tertiary/aromatic N) is 4. The number of aliphatic hydroxyl groups is 1. The molecule has 3 aromatic rings. The van der Waals surface area contributed by atoms with E-state index in [-0.39, 0.29) is 5.95 Å². The molecule has 1 aliphatic heterocycles. The molecule has 154 valence electrons. The highest BCUT2D eigenvalue weighted by Gasteiger charge is 2.23. The van der Waals surface area contributed by atoms with Gasteiger partial charge in [-0.25, -0.2) is 9.97 Å². The van der Waals surface area contributed by atoms with E-state index in [1.165, 1.54) is 11.3 Å². The molecule has 0 saturated carbocycles. The molecule has 4 N–H and O–H groups in total. The number of aromatic nitrogens is 3. The van der Waals surface area contributed by atoms with Crippen LogP contribution in [0.2, 0.25) is 0 Å². The molecule has 4 rings (SSSR count). The van der Waals surface area contributed by atoms with Gasteiger partial charge in [0.25, 0.3) is 0 Å². The Hall–Kier alpha value is -3.19. The van der Waals surface area contributed by atoms with Gasteiger partial charge in [0.1, 0.15) is 10.8 Å². The predicted molar refractivity (Wildman–Crippen MR) is 118 cm³/mol. The molecule has 2 aromatic heterocycles. The lowest BCUT2D eigenvalue weighted by molar-refractivity contribution is 0.121. The molecule has 1 atom stereocenters. The normalized spacial score (nSPS) is 15.7. The van der Waals surface area contributed by atoms with Crippen LogP contribution < -0.4 is 16.0 Å². The summed E-state index contributed by atoms with van der Waals surface area (Å²) in [4.78, 5) is 14.6. The van der Waals surface area contributed by atoms with Gasteiger partial charge in [-0.15, -0.1) is 11.3 Å². The third-order valence-corrected chi connectivity index (χ3v) is 5.57. The Morgan fingerprint density at radius 3 is 2.80 bits per heavy atom. The Morgan fingerprint density at radius 2 is 2.07 bits per heavy atom. The van der Waals surface area contributed by atoms with Gasteiger partial charge in [-0.1, -0.05) is 11.8 Å². The molecule has 0 radical (unpaired) electrons. The fourth-order valence-electron chi connectivity index (χ4n) is 3.09. The average molecular weight is 423 g/mol. The first kappa shape index (κ1) is 20.1. The predicted octanol–water partition coefficient (Wildman–Crippen LogP) is 2.35. The monoisotopic (exact) mass is 422 g/mol. The molecule has 1 fully saturated rings. The molecule has 1 saturated heterocycles. The fourth-order valence-corrected chi connectivity index (χ4v) is 3.74. The first-order valence-corrected chi connectivity index (χ1v) is 10.4. The molecule has 30 heavy (non-hydrogen) atoms. The van der Waals surface area contributed by atoms with Crippen LogP contribution in [-0.2, 0) is 10.3 Å². The second-order valence-electron chi connectivity index (χ2n) is 6.92. The third-order valence-electron chi connectivity index (χ3n) is 4.58. The molecule has 1 unspecified atom stereocenters. The number of nitrogens with two attached hydrogens (primary N) is 1. The van der Waals surface area contributed by atoms with Gasteiger partial charge in [-0.05, 0) is 31.2 Å². The number of thiazole rings is 1. The Balaban J connectivity index is 1.67. The molecule has 9 heteroatoms. The second kappa shape index (κ2) is 8.67. The molecule has 8 nitrogen and oxygen atoms in total. The van der Waals surface area contributed by atoms with Gasteiger partial charge in [0.2, 0.25) is 5.95 Å². The van der Waals surface area contributed by atoms with Crippen LogP contribution in [0.15, 0.2) is 42.0 Å². The third kappa shape index (κ3) is 4.68. The summed E-state index contributed by atoms with van der Waals surface area (Å²) >= 11 is 1.37. The molecule has 0 bridgehead atoms. The van der Waals surface area contributed by atoms with E-state index in [0.29, 0.717) is 24.0 Å². The molecular formula is C21H22N6O2S. The van der Waals surface area contributed by atoms with Crippen molar-refractivity contribution in [1.82, 2.24) is 15.0 Å². The maximum absolute atomic E-state index is 10.6. The van der Waals surface area contributed by atoms with Crippen molar-refractivity contribution in [2.75, 3.05) is 42.3 Å². The van der Waals surface area contributed by atoms with E-state index in [2.05, 4.69) is 37.0 Å². The standard InChI is InChI=1S/C21H22N6O2S/c1-21(28,19-23-8-13-30-19)6-4-15-2-3-17(27-9-11-29-12-10-27)16(14-15)25-18-5-7-24-20(22)26-18/h2-3,5,7-8,13-14,28H,9-12H2,1H3,(H3,22,24,25,26). The van der Waals surface area contributed by atoms with Crippen molar-refractivity contribution in [2.24, 2.45) is 0 Å². The van der Waals surface area contributed by atoms with Gasteiger partial charge in [0.15, 0.2) is 5.60 Å². The van der Waals surface area contributed by atoms with E-state index in [4.69, 9.17) is 10.5 Å². The van der Waals surface area contributed by atoms with Gasteiger partial charge in [-0.2, -0.15) is 4.98 Å². The van der Waals surface area contributed by atoms with Crippen molar-refractivity contribution in [2.45, 2.75) is 12.5 Å². The molecule has 0 aliphatic carbocycles. The lowest BCUT2D eigenvalue weighted by atomic mass is 10.1. The Morgan fingerprint density at radius 1 is 1.23 bits per heavy atom. The number of anilines is 4. The van der Waals surface area contributed by atoms with Crippen LogP contribution >= 0.6 is 11.3 Å². The van der Waals surface area contributed by atoms with Crippen molar-refractivity contribution < 1.29 is 9.84 Å². The van der Waals surface area contributed by atoms with Crippen LogP contribution in [0.1, 0.15) is 17.5 Å². The number of morpholine rings is 1. The van der Waals surface area contributed by atoms with Gasteiger partial charge in [0.05, 0.1) is 24.6 Å². The fraction of sp³-hybridized carbons (Fsp3) is 0.286. The molecule has 0 amide bonds. The lowest BCUT2D eigenvalue weighted by Gasteiger charge is -2.30. The van der Waals surface area contributed by atoms with Gasteiger partial charge in [-0.3, -0.25) is 0 Å². The lowest BCUT2D eigenvalue weighted by Crippen LogP contribution is -2.36. The summed E-state index contributed by atoms with van der Waals surface area (Å²) in [7, 11) is 0. The first-order chi connectivity index (χ1) is 14.5. The van der Waals surface area contributed by atoms with Crippen LogP contribution in [0.3, 0.4) is 0 Å². The van der Waals surface area contributed by atoms with Crippen molar-refractivity contribution in [3.63, 3.8) is 0 Å². The van der Waals surface area contributed by atoms with Crippen LogP contribution in [0, 0.1) is 11.8 Å². The summed E-state index contributed by atoms with van der Waals surface area (Å²) in [5.74, 6) is 6.78. The summed E-state index contributed by atoms with van der Waals surface area (Å²) in [6.45, 7) is 4.59. The maximum atomic E-state index is 10.6. The number of ether oxygens (including phenoxy) is 1. The summed E-state index contributed by atoms with van der Waals surface area (Å²) in [6, 6.07) is 7.65. The molecule has 0 spiro atoms. The zero-order chi connectivity index (χ0) is 21.0. The van der Waals surface area contributed by atoms with Crippen LogP contribution in [-0.4, -0.2) is 46.4 Å². The molecule has 1 aromatic carbocycles. The quantitative estimate of drug-likeness (QED) is 0.550. The number of hydrogen-bond donors (Lipinski definition) is 3. The van der Waals surface area contributed by atoms with Crippen LogP contribution in [0.4, 0.5) is 23.1 Å². The largest absolute Gasteiger partial charge is 0.378 e. The number of nitrogens with one attached hydrogen (secondary N) is 1. The highest BCUT2D eigenvalue weighted by molar-refractivity contribution is 7.09. The van der Waals surface area contributed by atoms with E-state index in [1.54, 1.807) is 25.4 Å². The Bertz CT molecular complexity index is 1070. The van der Waals surface area contributed by atoms with Gasteiger partial charge >= 0.3 is 0 Å². The van der Waals surface area contributed by atoms with Gasteiger partial charge < -0.3 is 25.8 Å². The topological polar surface area (TPSA) is 109 Å². The summed E-state index contributed by atoms with van der Waals surface area (Å²) in [5, 5.41) is 16.3. The summed E-state index contributed by atoms with van der Waals surface area (Å²) < 4.78 is 5.48. The zero-order valence-corrected chi connectivity index (χ0v) is 17.3. The van der Waals surface area contributed by atoms with Crippen molar-refractivity contribution in [3.8, 4) is 11.8 Å². The Kier molecular flexibility index (Phi) is 5.81. The smallest absolute Gasteiger partial charge is 0.221 e. The van der Waals surface area contributed by atoms with E-state index >= 15 is 0 Å². The van der Waals surface area contributed by atoms with Crippen LogP contribution in [0.25, 0.3) is 0 Å². The minimum absolute atomic E-state index is 0.198. The van der Waals surface area contributed by atoms with E-state index in [9.17, 15) is 5.11 Å². The first-order valence-electron chi connectivity index (χ1n) is 9.49. The van der Waals surface area contributed by atoms with E-state index in [0.717, 1.165) is 30.0 Å². The summed E-state index contributed by atoms with van der Waals surface area (Å²) in [5.41, 5.74) is 7.03. The number of benzene rings is 1. The number of nitrogen functional groups attached to an aromatic ring is 1. The number of rotatable bonds is 4. The summed E-state index contributed by atoms with van der Waals surface area (Å²) in [6.07, 6.45) is 3.26. The van der Waals surface area contributed by atoms with Crippen molar-refractivity contribution >= 4 is 34.5 Å². The SMILES string of the molecule is CC(O)(C#Cc1ccc(N2CCOCC2)c(Nc2ccnc(N)n2)c1)c1nccs1. The number of hydrogen-bond acceptors (Lipinski definition) is 9. The van der Waals surface area contributed by atoms with Crippen molar-refractivity contribution in [3.05, 3.63) is 52.6 Å². The minimum Gasteiger partial charge on any atom is -0.378 e. The zero-order valence-electron chi connectivity index (χ0n) is 16.5. The van der Waals surface area contributed by atoms with E-state index in [1.807, 2.05) is 23.6 Å². The van der Waals surface area contributed by atoms with E-state index < -0.39 is 5.60 Å². The molecule has 1 aliphatic rings. The van der Waals surface area contributed by atoms with Crippen LogP contribution in [0.5, 0.6) is 0 Å². The Labute approximate surface area is 178 Å². The van der Waals surface area contributed by atoms with Crippen molar-refractivity contribution in [1.29, 1.82) is 0 Å². The highest BCUT2D eigenvalue weighted by atomic mass is 32.1. The average Bonchev–Trinajstić information content (AvgIpc) is 3.29.